The number of imidazole rings is 1. The maximum Gasteiger partial charge on any atom is 0.165 e. The highest BCUT2D eigenvalue weighted by Gasteiger charge is 2.17. The Morgan fingerprint density at radius 2 is 2.06 bits per heavy atom. The summed E-state index contributed by atoms with van der Waals surface area (Å²) in [5.41, 5.74) is 6.63. The fraction of sp³-hybridized carbons (Fsp3) is 0.250. The van der Waals surface area contributed by atoms with E-state index in [9.17, 15) is 8.78 Å². The van der Waals surface area contributed by atoms with E-state index in [1.54, 1.807) is 11.6 Å². The van der Waals surface area contributed by atoms with Gasteiger partial charge in [-0.15, -0.1) is 0 Å². The lowest BCUT2D eigenvalue weighted by atomic mass is 10.1. The van der Waals surface area contributed by atoms with Crippen LogP contribution in [-0.2, 0) is 13.6 Å². The molecule has 1 aromatic carbocycles. The molecule has 96 valence electrons. The van der Waals surface area contributed by atoms with Crippen LogP contribution in [0.15, 0.2) is 18.5 Å². The largest absolute Gasteiger partial charge is 0.494 e. The van der Waals surface area contributed by atoms with Crippen LogP contribution in [0.4, 0.5) is 8.78 Å². The molecule has 2 rings (SSSR count). The van der Waals surface area contributed by atoms with Gasteiger partial charge in [-0.2, -0.15) is 0 Å². The number of rotatable bonds is 3. The average molecular weight is 253 g/mol. The molecule has 0 aliphatic rings. The number of halogens is 2. The van der Waals surface area contributed by atoms with Crippen LogP contribution >= 0.6 is 0 Å². The molecule has 0 spiro atoms. The van der Waals surface area contributed by atoms with E-state index in [0.29, 0.717) is 11.4 Å². The molecule has 1 aromatic heterocycles. The molecule has 0 fully saturated rings. The number of benzene rings is 1. The fourth-order valence-electron chi connectivity index (χ4n) is 1.84. The van der Waals surface area contributed by atoms with E-state index >= 15 is 0 Å². The van der Waals surface area contributed by atoms with Crippen LogP contribution < -0.4 is 10.5 Å². The standard InChI is InChI=1S/C12H13F2N3O/c1-17-6-16-10(5-15)12(17)7-3-9(14)11(18-2)4-8(7)13/h3-4,6H,5,15H2,1-2H3. The molecule has 0 amide bonds. The number of aromatic nitrogens is 2. The number of hydrogen-bond acceptors (Lipinski definition) is 3. The Bertz CT molecular complexity index is 581. The average Bonchev–Trinajstić information content (AvgIpc) is 2.72. The van der Waals surface area contributed by atoms with Crippen molar-refractivity contribution in [1.29, 1.82) is 0 Å². The van der Waals surface area contributed by atoms with Crippen LogP contribution in [-0.4, -0.2) is 16.7 Å². The van der Waals surface area contributed by atoms with Gasteiger partial charge in [-0.1, -0.05) is 0 Å². The van der Waals surface area contributed by atoms with Crippen molar-refractivity contribution in [3.63, 3.8) is 0 Å². The van der Waals surface area contributed by atoms with Gasteiger partial charge in [-0.05, 0) is 6.07 Å². The van der Waals surface area contributed by atoms with Gasteiger partial charge in [0.1, 0.15) is 5.82 Å². The van der Waals surface area contributed by atoms with Crippen molar-refractivity contribution in [2.75, 3.05) is 7.11 Å². The second kappa shape index (κ2) is 4.73. The van der Waals surface area contributed by atoms with Gasteiger partial charge in [0, 0.05) is 25.2 Å². The summed E-state index contributed by atoms with van der Waals surface area (Å²) in [6.07, 6.45) is 1.51. The monoisotopic (exact) mass is 253 g/mol. The van der Waals surface area contributed by atoms with Crippen molar-refractivity contribution < 1.29 is 13.5 Å². The highest BCUT2D eigenvalue weighted by atomic mass is 19.1. The maximum atomic E-state index is 13.9. The van der Waals surface area contributed by atoms with E-state index in [1.165, 1.54) is 13.4 Å². The summed E-state index contributed by atoms with van der Waals surface area (Å²) in [4.78, 5) is 4.04. The van der Waals surface area contributed by atoms with Crippen molar-refractivity contribution in [3.8, 4) is 17.0 Å². The number of nitrogens with two attached hydrogens (primary N) is 1. The molecule has 2 N–H and O–H groups in total. The lowest BCUT2D eigenvalue weighted by Crippen LogP contribution is -2.02. The van der Waals surface area contributed by atoms with E-state index in [-0.39, 0.29) is 17.9 Å². The molecule has 0 aliphatic heterocycles. The van der Waals surface area contributed by atoms with E-state index < -0.39 is 11.6 Å². The summed E-state index contributed by atoms with van der Waals surface area (Å²) in [6, 6.07) is 2.10. The Kier molecular flexibility index (Phi) is 3.29. The first-order valence-electron chi connectivity index (χ1n) is 5.32. The maximum absolute atomic E-state index is 13.9. The second-order valence-corrected chi connectivity index (χ2v) is 3.82. The van der Waals surface area contributed by atoms with Crippen molar-refractivity contribution in [2.45, 2.75) is 6.54 Å². The number of ether oxygens (including phenoxy) is 1. The van der Waals surface area contributed by atoms with Crippen molar-refractivity contribution in [3.05, 3.63) is 35.8 Å². The quantitative estimate of drug-likeness (QED) is 0.908. The number of methoxy groups -OCH3 is 1. The van der Waals surface area contributed by atoms with E-state index in [2.05, 4.69) is 4.98 Å². The zero-order valence-electron chi connectivity index (χ0n) is 10.1. The summed E-state index contributed by atoms with van der Waals surface area (Å²) in [6.45, 7) is 0.156. The molecule has 0 saturated carbocycles. The van der Waals surface area contributed by atoms with Gasteiger partial charge in [0.15, 0.2) is 11.6 Å². The van der Waals surface area contributed by atoms with E-state index in [0.717, 1.165) is 12.1 Å². The molecule has 0 saturated heterocycles. The number of aryl methyl sites for hydroxylation is 1. The molecular weight excluding hydrogens is 240 g/mol. The molecule has 2 aromatic rings. The van der Waals surface area contributed by atoms with Crippen LogP contribution in [0.1, 0.15) is 5.69 Å². The highest BCUT2D eigenvalue weighted by Crippen LogP contribution is 2.30. The topological polar surface area (TPSA) is 53.1 Å². The lowest BCUT2D eigenvalue weighted by Gasteiger charge is -2.09. The Labute approximate surface area is 103 Å². The molecule has 0 unspecified atom stereocenters. The summed E-state index contributed by atoms with van der Waals surface area (Å²) in [7, 11) is 2.98. The smallest absolute Gasteiger partial charge is 0.165 e. The van der Waals surface area contributed by atoms with Gasteiger partial charge in [-0.3, -0.25) is 0 Å². The summed E-state index contributed by atoms with van der Waals surface area (Å²) < 4.78 is 33.9. The summed E-state index contributed by atoms with van der Waals surface area (Å²) in [5, 5.41) is 0. The zero-order valence-corrected chi connectivity index (χ0v) is 10.1. The van der Waals surface area contributed by atoms with Gasteiger partial charge in [0.2, 0.25) is 0 Å². The molecule has 0 bridgehead atoms. The first-order valence-corrected chi connectivity index (χ1v) is 5.32. The third-order valence-corrected chi connectivity index (χ3v) is 2.70. The molecule has 0 atom stereocenters. The Morgan fingerprint density at radius 1 is 1.33 bits per heavy atom. The van der Waals surface area contributed by atoms with Crippen LogP contribution in [0.5, 0.6) is 5.75 Å². The summed E-state index contributed by atoms with van der Waals surface area (Å²) >= 11 is 0. The molecule has 18 heavy (non-hydrogen) atoms. The lowest BCUT2D eigenvalue weighted by molar-refractivity contribution is 0.383. The number of hydrogen-bond donors (Lipinski definition) is 1. The van der Waals surface area contributed by atoms with Gasteiger partial charge in [-0.25, -0.2) is 13.8 Å². The zero-order chi connectivity index (χ0) is 13.3. The third-order valence-electron chi connectivity index (χ3n) is 2.70. The van der Waals surface area contributed by atoms with Gasteiger partial charge in [0.25, 0.3) is 0 Å². The van der Waals surface area contributed by atoms with Crippen LogP contribution in [0.25, 0.3) is 11.3 Å². The Balaban J connectivity index is 2.64. The molecule has 0 aliphatic carbocycles. The molecule has 6 heteroatoms. The minimum absolute atomic E-state index is 0.119. The predicted molar refractivity (Wildman–Crippen MR) is 63.0 cm³/mol. The van der Waals surface area contributed by atoms with Crippen LogP contribution in [0, 0.1) is 11.6 Å². The van der Waals surface area contributed by atoms with Crippen molar-refractivity contribution >= 4 is 0 Å². The van der Waals surface area contributed by atoms with Gasteiger partial charge >= 0.3 is 0 Å². The number of nitrogens with zero attached hydrogens (tertiary/aromatic N) is 2. The second-order valence-electron chi connectivity index (χ2n) is 3.82. The fourth-order valence-corrected chi connectivity index (χ4v) is 1.84. The minimum atomic E-state index is -0.627. The Hall–Kier alpha value is -1.95. The van der Waals surface area contributed by atoms with Crippen molar-refractivity contribution in [2.24, 2.45) is 12.8 Å². The van der Waals surface area contributed by atoms with Crippen LogP contribution in [0.3, 0.4) is 0 Å². The third kappa shape index (κ3) is 1.95. The van der Waals surface area contributed by atoms with E-state index in [1.807, 2.05) is 0 Å². The molecule has 4 nitrogen and oxygen atoms in total. The predicted octanol–water partition coefficient (Wildman–Crippen LogP) is 1.83. The summed E-state index contributed by atoms with van der Waals surface area (Å²) in [5.74, 6) is -1.34. The SMILES string of the molecule is COc1cc(F)c(-c2c(CN)ncn2C)cc1F. The van der Waals surface area contributed by atoms with Crippen molar-refractivity contribution in [1.82, 2.24) is 9.55 Å². The van der Waals surface area contributed by atoms with Gasteiger partial charge < -0.3 is 15.0 Å². The normalized spacial score (nSPS) is 10.7. The van der Waals surface area contributed by atoms with Crippen LogP contribution in [0.2, 0.25) is 0 Å². The Morgan fingerprint density at radius 3 is 2.67 bits per heavy atom. The molecule has 0 radical (unpaired) electrons. The first kappa shape index (κ1) is 12.5. The van der Waals surface area contributed by atoms with E-state index in [4.69, 9.17) is 10.5 Å². The molecular formula is C12H13F2N3O. The first-order chi connectivity index (χ1) is 8.58. The minimum Gasteiger partial charge on any atom is -0.494 e. The van der Waals surface area contributed by atoms with Gasteiger partial charge in [0.05, 0.1) is 24.8 Å². The molecule has 1 heterocycles. The highest BCUT2D eigenvalue weighted by molar-refractivity contribution is 5.64.